The number of hydrogen-bond donors (Lipinski definition) is 0. The average molecular weight is 660 g/mol. The number of piperidine rings is 2. The van der Waals surface area contributed by atoms with Gasteiger partial charge in [0, 0.05) is 61.0 Å². The summed E-state index contributed by atoms with van der Waals surface area (Å²) in [6, 6.07) is 5.20. The number of Topliss-reactive ketones (excluding diaryl/α,β-unsaturated/α-hetero) is 1. The molecule has 3 amide bonds. The maximum Gasteiger partial charge on any atom is 0.410 e. The lowest BCUT2D eigenvalue weighted by atomic mass is 9.88. The lowest BCUT2D eigenvalue weighted by Gasteiger charge is -2.36. The van der Waals surface area contributed by atoms with E-state index < -0.39 is 23.6 Å². The smallest absolute Gasteiger partial charge is 0.410 e. The van der Waals surface area contributed by atoms with Crippen LogP contribution < -0.4 is 0 Å². The number of ketones is 1. The minimum Gasteiger partial charge on any atom is -0.444 e. The van der Waals surface area contributed by atoms with Crippen LogP contribution in [-0.4, -0.2) is 91.3 Å². The summed E-state index contributed by atoms with van der Waals surface area (Å²) < 4.78 is 22.0. The minimum absolute atomic E-state index is 0.0449. The molecule has 4 heterocycles. The molecule has 3 fully saturated rings. The van der Waals surface area contributed by atoms with Crippen LogP contribution in [0.2, 0.25) is 0 Å². The first kappa shape index (κ1) is 33.6. The zero-order valence-electron chi connectivity index (χ0n) is 28.9. The largest absolute Gasteiger partial charge is 0.444 e. The third-order valence-corrected chi connectivity index (χ3v) is 9.88. The van der Waals surface area contributed by atoms with Gasteiger partial charge in [0.1, 0.15) is 17.5 Å². The Bertz CT molecular complexity index is 1740. The summed E-state index contributed by atoms with van der Waals surface area (Å²) in [7, 11) is 0. The monoisotopic (exact) mass is 659 g/mol. The summed E-state index contributed by atoms with van der Waals surface area (Å²) in [5, 5.41) is 0.694. The molecule has 6 rings (SSSR count). The van der Waals surface area contributed by atoms with Gasteiger partial charge in [-0.15, -0.1) is 0 Å². The highest BCUT2D eigenvalue weighted by atomic mass is 19.1. The number of pyridine rings is 1. The predicted molar refractivity (Wildman–Crippen MR) is 179 cm³/mol. The van der Waals surface area contributed by atoms with E-state index in [1.165, 1.54) is 12.1 Å². The van der Waals surface area contributed by atoms with Gasteiger partial charge >= 0.3 is 6.09 Å². The van der Waals surface area contributed by atoms with E-state index in [-0.39, 0.29) is 47.1 Å². The third-order valence-electron chi connectivity index (χ3n) is 9.88. The number of amides is 3. The molecule has 1 aromatic carbocycles. The number of halogens is 1. The van der Waals surface area contributed by atoms with Crippen LogP contribution in [0.4, 0.5) is 9.18 Å². The van der Waals surface area contributed by atoms with E-state index in [1.807, 2.05) is 48.5 Å². The molecule has 0 N–H and O–H groups in total. The van der Waals surface area contributed by atoms with Gasteiger partial charge in [0.25, 0.3) is 5.91 Å². The Hall–Kier alpha value is -4.28. The summed E-state index contributed by atoms with van der Waals surface area (Å²) >= 11 is 0. The van der Waals surface area contributed by atoms with Crippen LogP contribution in [0.5, 0.6) is 0 Å². The Morgan fingerprint density at radius 3 is 2.33 bits per heavy atom. The summed E-state index contributed by atoms with van der Waals surface area (Å²) in [5.74, 6) is -0.733. The molecule has 0 bridgehead atoms. The van der Waals surface area contributed by atoms with E-state index >= 15 is 0 Å². The highest BCUT2D eigenvalue weighted by Crippen LogP contribution is 2.50. The molecule has 3 aliphatic rings. The molecule has 3 aromatic rings. The molecule has 1 saturated carbocycles. The SMILES string of the molecule is CC(C)N(C(=O)c1cc(F)ccc1-n1cc(C(=O)C2CCN(C(=O)[C@@H]3[C@H]4C[C@H]4CN3C(=O)OC(C)(C)C)CC2)c2ccncc21)C(C)C. The Kier molecular flexibility index (Phi) is 8.85. The van der Waals surface area contributed by atoms with Crippen LogP contribution in [0.25, 0.3) is 16.6 Å². The number of fused-ring (bicyclic) bond motifs is 2. The molecule has 256 valence electrons. The van der Waals surface area contributed by atoms with Gasteiger partial charge in [0.2, 0.25) is 5.91 Å². The number of hydrogen-bond acceptors (Lipinski definition) is 6. The predicted octanol–water partition coefficient (Wildman–Crippen LogP) is 6.10. The maximum atomic E-state index is 14.6. The highest BCUT2D eigenvalue weighted by Gasteiger charge is 2.58. The van der Waals surface area contributed by atoms with Crippen LogP contribution in [-0.2, 0) is 9.53 Å². The van der Waals surface area contributed by atoms with Crippen LogP contribution in [0, 0.1) is 23.6 Å². The first-order chi connectivity index (χ1) is 22.7. The Balaban J connectivity index is 1.23. The van der Waals surface area contributed by atoms with Crippen molar-refractivity contribution < 1.29 is 28.3 Å². The molecule has 11 heteroatoms. The first-order valence-corrected chi connectivity index (χ1v) is 17.1. The number of rotatable bonds is 7. The zero-order chi connectivity index (χ0) is 34.7. The number of carbonyl (C=O) groups excluding carboxylic acids is 4. The second-order valence-corrected chi connectivity index (χ2v) is 15.1. The third kappa shape index (κ3) is 6.31. The van der Waals surface area contributed by atoms with Gasteiger partial charge in [-0.05, 0) is 104 Å². The lowest BCUT2D eigenvalue weighted by molar-refractivity contribution is -0.138. The molecule has 0 unspecified atom stereocenters. The van der Waals surface area contributed by atoms with Crippen LogP contribution in [0.15, 0.2) is 42.9 Å². The quantitative estimate of drug-likeness (QED) is 0.284. The van der Waals surface area contributed by atoms with E-state index in [9.17, 15) is 23.6 Å². The Morgan fingerprint density at radius 2 is 1.69 bits per heavy atom. The second kappa shape index (κ2) is 12.6. The van der Waals surface area contributed by atoms with Crippen LogP contribution in [0.3, 0.4) is 0 Å². The molecule has 0 radical (unpaired) electrons. The van der Waals surface area contributed by atoms with Gasteiger partial charge in [-0.2, -0.15) is 0 Å². The molecule has 2 saturated heterocycles. The summed E-state index contributed by atoms with van der Waals surface area (Å²) in [4.78, 5) is 64.1. The van der Waals surface area contributed by atoms with Crippen molar-refractivity contribution in [3.05, 3.63) is 59.8 Å². The molecule has 3 atom stereocenters. The molecule has 10 nitrogen and oxygen atoms in total. The lowest BCUT2D eigenvalue weighted by Crippen LogP contribution is -2.52. The van der Waals surface area contributed by atoms with E-state index in [0.717, 1.165) is 6.42 Å². The van der Waals surface area contributed by atoms with Crippen molar-refractivity contribution >= 4 is 34.6 Å². The van der Waals surface area contributed by atoms with Crippen LogP contribution in [0.1, 0.15) is 88.4 Å². The van der Waals surface area contributed by atoms with Gasteiger partial charge in [-0.1, -0.05) is 0 Å². The standard InChI is InChI=1S/C37H46FN5O5/c1-21(2)43(22(3)4)34(45)28-17-25(38)8-9-30(28)41-20-29(26-10-13-39-18-31(26)41)33(44)23-11-14-40(15-12-23)35(46)32-27-16-24(27)19-42(32)36(47)48-37(5,6)7/h8-10,13,17-18,20-24,27,32H,11-12,14-16,19H2,1-7H3/t24-,27-,32-/m0/s1. The average Bonchev–Trinajstić information content (AvgIpc) is 3.52. The van der Waals surface area contributed by atoms with Crippen LogP contribution >= 0.6 is 0 Å². The number of likely N-dealkylation sites (tertiary alicyclic amines) is 2. The number of carbonyl (C=O) groups is 4. The van der Waals surface area contributed by atoms with Crippen molar-refractivity contribution in [2.75, 3.05) is 19.6 Å². The van der Waals surface area contributed by atoms with Crippen molar-refractivity contribution in [1.82, 2.24) is 24.3 Å². The molecular formula is C37H46FN5O5. The topological polar surface area (TPSA) is 105 Å². The summed E-state index contributed by atoms with van der Waals surface area (Å²) in [6.07, 6.45) is 6.49. The zero-order valence-corrected chi connectivity index (χ0v) is 28.9. The fourth-order valence-corrected chi connectivity index (χ4v) is 7.62. The fraction of sp³-hybridized carbons (Fsp3) is 0.541. The van der Waals surface area contributed by atoms with Gasteiger partial charge in [0.05, 0.1) is 23.0 Å². The van der Waals surface area contributed by atoms with Gasteiger partial charge < -0.3 is 19.1 Å². The van der Waals surface area contributed by atoms with E-state index in [4.69, 9.17) is 4.74 Å². The Morgan fingerprint density at radius 1 is 1.00 bits per heavy atom. The van der Waals surface area contributed by atoms with Gasteiger partial charge in [0.15, 0.2) is 5.78 Å². The highest BCUT2D eigenvalue weighted by molar-refractivity contribution is 6.10. The summed E-state index contributed by atoms with van der Waals surface area (Å²) in [6.45, 7) is 14.5. The van der Waals surface area contributed by atoms with Crippen molar-refractivity contribution in [3.8, 4) is 5.69 Å². The van der Waals surface area contributed by atoms with Crippen molar-refractivity contribution in [2.45, 2.75) is 91.5 Å². The molecule has 48 heavy (non-hydrogen) atoms. The van der Waals surface area contributed by atoms with E-state index in [2.05, 4.69) is 4.98 Å². The van der Waals surface area contributed by atoms with Crippen molar-refractivity contribution in [2.24, 2.45) is 17.8 Å². The normalized spacial score (nSPS) is 21.2. The van der Waals surface area contributed by atoms with Crippen molar-refractivity contribution in [3.63, 3.8) is 0 Å². The number of ether oxygens (including phenoxy) is 1. The van der Waals surface area contributed by atoms with Crippen molar-refractivity contribution in [1.29, 1.82) is 0 Å². The number of benzene rings is 1. The molecular weight excluding hydrogens is 613 g/mol. The molecule has 1 aliphatic carbocycles. The minimum atomic E-state index is -0.647. The fourth-order valence-electron chi connectivity index (χ4n) is 7.62. The van der Waals surface area contributed by atoms with Gasteiger partial charge in [-0.3, -0.25) is 24.3 Å². The summed E-state index contributed by atoms with van der Waals surface area (Å²) in [5.41, 5.74) is 1.16. The maximum absolute atomic E-state index is 14.6. The Labute approximate surface area is 281 Å². The second-order valence-electron chi connectivity index (χ2n) is 15.1. The van der Waals surface area contributed by atoms with E-state index in [0.29, 0.717) is 60.5 Å². The first-order valence-electron chi connectivity index (χ1n) is 17.1. The van der Waals surface area contributed by atoms with E-state index in [1.54, 1.807) is 50.0 Å². The van der Waals surface area contributed by atoms with Gasteiger partial charge in [-0.25, -0.2) is 9.18 Å². The number of aromatic nitrogens is 2. The number of nitrogens with zero attached hydrogens (tertiary/aromatic N) is 5. The molecule has 0 spiro atoms. The molecule has 2 aromatic heterocycles. The molecule has 2 aliphatic heterocycles.